The lowest BCUT2D eigenvalue weighted by molar-refractivity contribution is -0.385. The van der Waals surface area contributed by atoms with Gasteiger partial charge in [0.25, 0.3) is 5.91 Å². The zero-order valence-electron chi connectivity index (χ0n) is 14.6. The molecule has 1 aromatic heterocycles. The summed E-state index contributed by atoms with van der Waals surface area (Å²) in [7, 11) is 0. The second kappa shape index (κ2) is 7.28. The third-order valence-corrected chi connectivity index (χ3v) is 4.33. The quantitative estimate of drug-likeness (QED) is 0.251. The molecule has 0 saturated heterocycles. The van der Waals surface area contributed by atoms with Gasteiger partial charge < -0.3 is 0 Å². The Hall–Kier alpha value is -4.07. The Bertz CT molecular complexity index is 1170. The number of hydrogen-bond donors (Lipinski definition) is 1. The number of nitrogens with zero attached hydrogens (tertiary/aromatic N) is 4. The lowest BCUT2D eigenvalue weighted by Crippen LogP contribution is -2.23. The molecule has 0 saturated carbocycles. The molecule has 4 rings (SSSR count). The topological polar surface area (TPSA) is 102 Å². The molecule has 4 aromatic rings. The predicted octanol–water partition coefficient (Wildman–Crippen LogP) is 3.25. The highest BCUT2D eigenvalue weighted by atomic mass is 16.6. The first-order valence-corrected chi connectivity index (χ1v) is 8.51. The number of rotatable bonds is 5. The largest absolute Gasteiger partial charge is 0.307 e. The summed E-state index contributed by atoms with van der Waals surface area (Å²) in [5, 5.41) is 22.8. The molecule has 0 unspecified atom stereocenters. The van der Waals surface area contributed by atoms with Crippen molar-refractivity contribution in [2.75, 3.05) is 0 Å². The lowest BCUT2D eigenvalue weighted by atomic mass is 9.97. The summed E-state index contributed by atoms with van der Waals surface area (Å²) >= 11 is 0. The van der Waals surface area contributed by atoms with Gasteiger partial charge in [-0.15, -0.1) is 0 Å². The Morgan fingerprint density at radius 2 is 1.79 bits per heavy atom. The van der Waals surface area contributed by atoms with Gasteiger partial charge in [0.05, 0.1) is 11.1 Å². The first kappa shape index (κ1) is 17.3. The van der Waals surface area contributed by atoms with Crippen LogP contribution < -0.4 is 5.43 Å². The van der Waals surface area contributed by atoms with E-state index in [0.29, 0.717) is 0 Å². The number of nitro groups is 1. The number of aromatic nitrogens is 2. The van der Waals surface area contributed by atoms with Crippen molar-refractivity contribution in [3.63, 3.8) is 0 Å². The van der Waals surface area contributed by atoms with Gasteiger partial charge in [0.15, 0.2) is 0 Å². The number of fused-ring (bicyclic) bond motifs is 2. The monoisotopic (exact) mass is 373 g/mol. The molecule has 1 amide bonds. The molecule has 138 valence electrons. The first-order valence-electron chi connectivity index (χ1n) is 8.51. The summed E-state index contributed by atoms with van der Waals surface area (Å²) in [5.74, 6) is -0.432. The molecular weight excluding hydrogens is 358 g/mol. The van der Waals surface area contributed by atoms with E-state index in [0.717, 1.165) is 33.3 Å². The summed E-state index contributed by atoms with van der Waals surface area (Å²) in [5.41, 5.74) is 3.19. The van der Waals surface area contributed by atoms with Crippen molar-refractivity contribution in [2.45, 2.75) is 6.54 Å². The van der Waals surface area contributed by atoms with Crippen molar-refractivity contribution < 1.29 is 9.72 Å². The minimum absolute atomic E-state index is 0.165. The van der Waals surface area contributed by atoms with Crippen LogP contribution in [-0.4, -0.2) is 26.8 Å². The number of hydrazone groups is 1. The Labute approximate surface area is 159 Å². The van der Waals surface area contributed by atoms with E-state index in [9.17, 15) is 14.9 Å². The van der Waals surface area contributed by atoms with Gasteiger partial charge in [0.2, 0.25) is 0 Å². The number of amides is 1. The van der Waals surface area contributed by atoms with Crippen LogP contribution in [0.4, 0.5) is 5.69 Å². The number of benzene rings is 3. The molecule has 8 heteroatoms. The van der Waals surface area contributed by atoms with Gasteiger partial charge in [0.1, 0.15) is 18.9 Å². The smallest absolute Gasteiger partial charge is 0.271 e. The van der Waals surface area contributed by atoms with Gasteiger partial charge in [-0.1, -0.05) is 48.5 Å². The van der Waals surface area contributed by atoms with Crippen LogP contribution in [0.1, 0.15) is 5.56 Å². The number of hydrogen-bond acceptors (Lipinski definition) is 5. The molecule has 1 N–H and O–H groups in total. The van der Waals surface area contributed by atoms with Crippen LogP contribution >= 0.6 is 0 Å². The molecule has 0 fully saturated rings. The van der Waals surface area contributed by atoms with Gasteiger partial charge >= 0.3 is 5.69 Å². The van der Waals surface area contributed by atoms with Crippen LogP contribution in [0.2, 0.25) is 0 Å². The first-order chi connectivity index (χ1) is 13.6. The van der Waals surface area contributed by atoms with E-state index in [1.165, 1.54) is 10.9 Å². The molecule has 8 nitrogen and oxygen atoms in total. The van der Waals surface area contributed by atoms with Crippen LogP contribution in [-0.2, 0) is 11.3 Å². The second-order valence-electron chi connectivity index (χ2n) is 6.18. The fraction of sp³-hybridized carbons (Fsp3) is 0.0500. The molecule has 0 radical (unpaired) electrons. The van der Waals surface area contributed by atoms with Crippen LogP contribution in [0.3, 0.4) is 0 Å². The molecule has 0 spiro atoms. The summed E-state index contributed by atoms with van der Waals surface area (Å²) in [6.45, 7) is -0.165. The van der Waals surface area contributed by atoms with E-state index in [2.05, 4.69) is 21.7 Å². The van der Waals surface area contributed by atoms with Gasteiger partial charge in [-0.05, 0) is 27.6 Å². The number of nitrogens with one attached hydrogen (secondary N) is 1. The molecule has 0 atom stereocenters. The zero-order valence-corrected chi connectivity index (χ0v) is 14.6. The van der Waals surface area contributed by atoms with Gasteiger partial charge in [-0.2, -0.15) is 10.2 Å². The van der Waals surface area contributed by atoms with Crippen molar-refractivity contribution in [1.29, 1.82) is 0 Å². The summed E-state index contributed by atoms with van der Waals surface area (Å²) in [4.78, 5) is 22.2. The number of carbonyl (C=O) groups excluding carboxylic acids is 1. The maximum atomic E-state index is 12.1. The predicted molar refractivity (Wildman–Crippen MR) is 106 cm³/mol. The molecule has 1 heterocycles. The Morgan fingerprint density at radius 3 is 2.39 bits per heavy atom. The summed E-state index contributed by atoms with van der Waals surface area (Å²) < 4.78 is 1.19. The van der Waals surface area contributed by atoms with E-state index in [1.807, 2.05) is 48.5 Å². The Morgan fingerprint density at radius 1 is 1.14 bits per heavy atom. The van der Waals surface area contributed by atoms with Crippen LogP contribution in [0, 0.1) is 10.1 Å². The third-order valence-electron chi connectivity index (χ3n) is 4.33. The average Bonchev–Trinajstić information content (AvgIpc) is 3.16. The molecule has 0 aliphatic heterocycles. The highest BCUT2D eigenvalue weighted by molar-refractivity contribution is 6.13. The fourth-order valence-electron chi connectivity index (χ4n) is 3.07. The highest BCUT2D eigenvalue weighted by Gasteiger charge is 2.11. The molecule has 0 aliphatic carbocycles. The fourth-order valence-corrected chi connectivity index (χ4v) is 3.07. The van der Waals surface area contributed by atoms with Crippen molar-refractivity contribution in [1.82, 2.24) is 15.2 Å². The molecule has 0 aliphatic rings. The Kier molecular flexibility index (Phi) is 4.51. The van der Waals surface area contributed by atoms with Gasteiger partial charge in [-0.25, -0.2) is 5.43 Å². The molecule has 0 bridgehead atoms. The van der Waals surface area contributed by atoms with Crippen LogP contribution in [0.25, 0.3) is 21.5 Å². The maximum Gasteiger partial charge on any atom is 0.307 e. The molecule has 28 heavy (non-hydrogen) atoms. The molecule has 3 aromatic carbocycles. The van der Waals surface area contributed by atoms with Crippen LogP contribution in [0.15, 0.2) is 72.1 Å². The van der Waals surface area contributed by atoms with Crippen molar-refractivity contribution >= 4 is 39.4 Å². The van der Waals surface area contributed by atoms with Crippen molar-refractivity contribution in [3.8, 4) is 0 Å². The van der Waals surface area contributed by atoms with Crippen molar-refractivity contribution in [3.05, 3.63) is 82.7 Å². The zero-order chi connectivity index (χ0) is 19.5. The average molecular weight is 373 g/mol. The van der Waals surface area contributed by atoms with Crippen LogP contribution in [0.5, 0.6) is 0 Å². The summed E-state index contributed by atoms with van der Waals surface area (Å²) in [6.07, 6.45) is 3.91. The highest BCUT2D eigenvalue weighted by Crippen LogP contribution is 2.27. The van der Waals surface area contributed by atoms with Gasteiger partial charge in [0, 0.05) is 5.56 Å². The van der Waals surface area contributed by atoms with E-state index in [4.69, 9.17) is 0 Å². The van der Waals surface area contributed by atoms with E-state index < -0.39 is 10.8 Å². The third kappa shape index (κ3) is 3.43. The van der Waals surface area contributed by atoms with Gasteiger partial charge in [-0.3, -0.25) is 19.6 Å². The summed E-state index contributed by atoms with van der Waals surface area (Å²) in [6, 6.07) is 18.1. The second-order valence-corrected chi connectivity index (χ2v) is 6.18. The van der Waals surface area contributed by atoms with E-state index in [-0.39, 0.29) is 12.2 Å². The van der Waals surface area contributed by atoms with Crippen molar-refractivity contribution in [2.24, 2.45) is 5.10 Å². The number of carbonyl (C=O) groups is 1. The molecular formula is C20H15N5O3. The standard InChI is InChI=1S/C20H15N5O3/c26-20(13-24-12-16(10-22-24)25(27)28)23-21-11-19-17-7-3-1-5-14(17)9-15-6-2-4-8-18(15)19/h1-12H,13H2,(H,23,26). The SMILES string of the molecule is O=C(Cn1cc([N+](=O)[O-])cn1)NN=Cc1c2ccccc2cc2ccccc12. The maximum absolute atomic E-state index is 12.1. The minimum Gasteiger partial charge on any atom is -0.271 e. The normalized spacial score (nSPS) is 11.3. The minimum atomic E-state index is -0.564. The van der Waals surface area contributed by atoms with E-state index in [1.54, 1.807) is 6.21 Å². The van der Waals surface area contributed by atoms with E-state index >= 15 is 0 Å². The Balaban J connectivity index is 1.57. The lowest BCUT2D eigenvalue weighted by Gasteiger charge is -2.08.